The lowest BCUT2D eigenvalue weighted by Crippen LogP contribution is -2.31. The molecular weight excluding hydrogens is 219 g/mol. The van der Waals surface area contributed by atoms with E-state index in [9.17, 15) is 13.2 Å². The summed E-state index contributed by atoms with van der Waals surface area (Å²) in [5.41, 5.74) is 0. The topological polar surface area (TPSA) is 22.1 Å². The van der Waals surface area contributed by atoms with Crippen molar-refractivity contribution in [2.45, 2.75) is 37.7 Å². The van der Waals surface area contributed by atoms with Crippen molar-refractivity contribution in [1.82, 2.24) is 4.98 Å². The van der Waals surface area contributed by atoms with Crippen molar-refractivity contribution < 1.29 is 17.9 Å². The molecule has 0 unspecified atom stereocenters. The molecule has 1 aromatic rings. The van der Waals surface area contributed by atoms with Gasteiger partial charge in [-0.15, -0.1) is 0 Å². The first-order chi connectivity index (χ1) is 7.57. The molecule has 0 amide bonds. The van der Waals surface area contributed by atoms with Gasteiger partial charge in [-0.1, -0.05) is 0 Å². The number of halogens is 3. The van der Waals surface area contributed by atoms with Crippen LogP contribution in [0.4, 0.5) is 13.2 Å². The Hall–Kier alpha value is -1.26. The number of hydrogen-bond acceptors (Lipinski definition) is 2. The highest BCUT2D eigenvalue weighted by Crippen LogP contribution is 2.34. The van der Waals surface area contributed by atoms with Crippen molar-refractivity contribution in [3.63, 3.8) is 0 Å². The minimum absolute atomic E-state index is 0.0993. The molecule has 0 aromatic carbocycles. The van der Waals surface area contributed by atoms with Crippen LogP contribution in [0.25, 0.3) is 0 Å². The van der Waals surface area contributed by atoms with E-state index in [1.165, 1.54) is 18.3 Å². The SMILES string of the molecule is Fc1cccnc1OC1CCC(F)(F)CC1. The zero-order valence-electron chi connectivity index (χ0n) is 8.63. The first-order valence-corrected chi connectivity index (χ1v) is 5.22. The third kappa shape index (κ3) is 2.65. The van der Waals surface area contributed by atoms with E-state index in [1.54, 1.807) is 0 Å². The Morgan fingerprint density at radius 1 is 1.31 bits per heavy atom. The molecule has 0 N–H and O–H groups in total. The van der Waals surface area contributed by atoms with Crippen LogP contribution >= 0.6 is 0 Å². The van der Waals surface area contributed by atoms with E-state index in [1.807, 2.05) is 0 Å². The molecule has 88 valence electrons. The summed E-state index contributed by atoms with van der Waals surface area (Å²) in [5.74, 6) is -3.25. The van der Waals surface area contributed by atoms with Crippen molar-refractivity contribution in [3.05, 3.63) is 24.1 Å². The molecule has 0 spiro atoms. The second-order valence-electron chi connectivity index (χ2n) is 3.96. The molecule has 2 nitrogen and oxygen atoms in total. The summed E-state index contributed by atoms with van der Waals surface area (Å²) in [6.07, 6.45) is 1.13. The predicted molar refractivity (Wildman–Crippen MR) is 52.0 cm³/mol. The molecule has 1 aliphatic carbocycles. The zero-order valence-corrected chi connectivity index (χ0v) is 8.63. The summed E-state index contributed by atoms with van der Waals surface area (Å²) in [6.45, 7) is 0. The largest absolute Gasteiger partial charge is 0.472 e. The minimum atomic E-state index is -2.59. The quantitative estimate of drug-likeness (QED) is 0.779. The van der Waals surface area contributed by atoms with Crippen LogP contribution in [0.15, 0.2) is 18.3 Å². The third-order valence-corrected chi connectivity index (χ3v) is 2.67. The third-order valence-electron chi connectivity index (χ3n) is 2.67. The summed E-state index contributed by atoms with van der Waals surface area (Å²) >= 11 is 0. The molecule has 0 bridgehead atoms. The van der Waals surface area contributed by atoms with Crippen LogP contribution in [0.1, 0.15) is 25.7 Å². The number of aromatic nitrogens is 1. The number of pyridine rings is 1. The molecule has 1 heterocycles. The molecule has 0 saturated heterocycles. The molecule has 0 atom stereocenters. The molecule has 0 aliphatic heterocycles. The summed E-state index contributed by atoms with van der Waals surface area (Å²) in [4.78, 5) is 3.72. The Balaban J connectivity index is 1.95. The van der Waals surface area contributed by atoms with E-state index in [0.717, 1.165) is 0 Å². The van der Waals surface area contributed by atoms with Crippen molar-refractivity contribution >= 4 is 0 Å². The van der Waals surface area contributed by atoms with E-state index >= 15 is 0 Å². The van der Waals surface area contributed by atoms with E-state index in [0.29, 0.717) is 0 Å². The van der Waals surface area contributed by atoms with Gasteiger partial charge in [0.05, 0.1) is 0 Å². The fourth-order valence-electron chi connectivity index (χ4n) is 1.75. The van der Waals surface area contributed by atoms with Crippen LogP contribution in [0.2, 0.25) is 0 Å². The Bertz CT molecular complexity index is 360. The van der Waals surface area contributed by atoms with Gasteiger partial charge in [-0.25, -0.2) is 18.2 Å². The van der Waals surface area contributed by atoms with Gasteiger partial charge >= 0.3 is 0 Å². The van der Waals surface area contributed by atoms with Crippen LogP contribution in [0.5, 0.6) is 5.88 Å². The van der Waals surface area contributed by atoms with E-state index in [4.69, 9.17) is 4.74 Å². The Morgan fingerprint density at radius 2 is 2.00 bits per heavy atom. The normalized spacial score (nSPS) is 20.7. The fraction of sp³-hybridized carbons (Fsp3) is 0.545. The van der Waals surface area contributed by atoms with Gasteiger partial charge in [-0.05, 0) is 25.0 Å². The lowest BCUT2D eigenvalue weighted by Gasteiger charge is -2.28. The van der Waals surface area contributed by atoms with E-state index in [-0.39, 0.29) is 37.7 Å². The number of hydrogen-bond donors (Lipinski definition) is 0. The van der Waals surface area contributed by atoms with Crippen molar-refractivity contribution in [2.24, 2.45) is 0 Å². The molecule has 16 heavy (non-hydrogen) atoms. The Morgan fingerprint density at radius 3 is 2.62 bits per heavy atom. The number of nitrogens with zero attached hydrogens (tertiary/aromatic N) is 1. The van der Waals surface area contributed by atoms with Crippen molar-refractivity contribution in [1.29, 1.82) is 0 Å². The second-order valence-corrected chi connectivity index (χ2v) is 3.96. The number of ether oxygens (including phenoxy) is 1. The van der Waals surface area contributed by atoms with Crippen LogP contribution in [-0.2, 0) is 0 Å². The highest BCUT2D eigenvalue weighted by molar-refractivity contribution is 5.13. The van der Waals surface area contributed by atoms with E-state index in [2.05, 4.69) is 4.98 Å². The second kappa shape index (κ2) is 4.31. The maximum absolute atomic E-state index is 13.2. The average molecular weight is 231 g/mol. The standard InChI is InChI=1S/C11H12F3NO/c12-9-2-1-7-15-10(9)16-8-3-5-11(13,14)6-4-8/h1-2,7-8H,3-6H2. The summed E-state index contributed by atoms with van der Waals surface area (Å²) in [5, 5.41) is 0. The van der Waals surface area contributed by atoms with Gasteiger partial charge in [0.25, 0.3) is 5.88 Å². The molecule has 1 fully saturated rings. The Kier molecular flexibility index (Phi) is 3.03. The fourth-order valence-corrected chi connectivity index (χ4v) is 1.75. The smallest absolute Gasteiger partial charge is 0.250 e. The number of alkyl halides is 2. The lowest BCUT2D eigenvalue weighted by molar-refractivity contribution is -0.0592. The summed E-state index contributed by atoms with van der Waals surface area (Å²) < 4.78 is 44.1. The van der Waals surface area contributed by atoms with Crippen LogP contribution in [0, 0.1) is 5.82 Å². The molecular formula is C11H12F3NO. The zero-order chi connectivity index (χ0) is 11.6. The average Bonchev–Trinajstić information content (AvgIpc) is 2.24. The van der Waals surface area contributed by atoms with Crippen molar-refractivity contribution in [2.75, 3.05) is 0 Å². The van der Waals surface area contributed by atoms with Gasteiger partial charge in [0.15, 0.2) is 5.82 Å². The van der Waals surface area contributed by atoms with Gasteiger partial charge in [0, 0.05) is 19.0 Å². The molecule has 1 aliphatic rings. The molecule has 1 aromatic heterocycles. The first kappa shape index (κ1) is 11.2. The maximum Gasteiger partial charge on any atom is 0.250 e. The van der Waals surface area contributed by atoms with Crippen LogP contribution < -0.4 is 4.74 Å². The van der Waals surface area contributed by atoms with Gasteiger partial charge in [-0.2, -0.15) is 0 Å². The Labute approximate surface area is 91.4 Å². The summed E-state index contributed by atoms with van der Waals surface area (Å²) in [6, 6.07) is 2.69. The monoisotopic (exact) mass is 231 g/mol. The minimum Gasteiger partial charge on any atom is -0.472 e. The van der Waals surface area contributed by atoms with Gasteiger partial charge in [0.1, 0.15) is 6.10 Å². The molecule has 2 rings (SSSR count). The van der Waals surface area contributed by atoms with Gasteiger partial charge in [-0.3, -0.25) is 0 Å². The lowest BCUT2D eigenvalue weighted by atomic mass is 9.94. The van der Waals surface area contributed by atoms with E-state index < -0.39 is 11.7 Å². The molecule has 5 heteroatoms. The molecule has 0 radical (unpaired) electrons. The highest BCUT2D eigenvalue weighted by Gasteiger charge is 2.36. The molecule has 1 saturated carbocycles. The maximum atomic E-state index is 13.2. The first-order valence-electron chi connectivity index (χ1n) is 5.22. The predicted octanol–water partition coefficient (Wildman–Crippen LogP) is 3.18. The summed E-state index contributed by atoms with van der Waals surface area (Å²) in [7, 11) is 0. The number of rotatable bonds is 2. The van der Waals surface area contributed by atoms with Crippen LogP contribution in [-0.4, -0.2) is 17.0 Å². The van der Waals surface area contributed by atoms with Crippen molar-refractivity contribution in [3.8, 4) is 5.88 Å². The van der Waals surface area contributed by atoms with Gasteiger partial charge in [0.2, 0.25) is 5.92 Å². The van der Waals surface area contributed by atoms with Crippen LogP contribution in [0.3, 0.4) is 0 Å². The highest BCUT2D eigenvalue weighted by atomic mass is 19.3. The van der Waals surface area contributed by atoms with Gasteiger partial charge < -0.3 is 4.74 Å².